The monoisotopic (exact) mass is 183 g/mol. The van der Waals surface area contributed by atoms with Crippen LogP contribution in [-0.2, 0) is 6.42 Å². The molecule has 1 unspecified atom stereocenters. The molecule has 0 aromatic heterocycles. The lowest BCUT2D eigenvalue weighted by molar-refractivity contribution is 0.578. The van der Waals surface area contributed by atoms with Crippen molar-refractivity contribution in [2.45, 2.75) is 12.5 Å². The lowest BCUT2D eigenvalue weighted by atomic mass is 10.1. The third kappa shape index (κ3) is 2.95. The van der Waals surface area contributed by atoms with Crippen LogP contribution in [0.3, 0.4) is 0 Å². The third-order valence-corrected chi connectivity index (χ3v) is 1.70. The van der Waals surface area contributed by atoms with E-state index in [-0.39, 0.29) is 6.04 Å². The molecule has 0 spiro atoms. The lowest BCUT2D eigenvalue weighted by Crippen LogP contribution is -2.19. The zero-order chi connectivity index (χ0) is 9.84. The summed E-state index contributed by atoms with van der Waals surface area (Å²) in [6, 6.07) is 3.11. The highest BCUT2D eigenvalue weighted by Crippen LogP contribution is 2.09. The summed E-state index contributed by atoms with van der Waals surface area (Å²) in [5.74, 6) is -1.16. The van der Waals surface area contributed by atoms with Crippen molar-refractivity contribution in [2.75, 3.05) is 0 Å². The van der Waals surface area contributed by atoms with Gasteiger partial charge in [-0.05, 0) is 24.1 Å². The molecule has 0 saturated carbocycles. The van der Waals surface area contributed by atoms with Crippen LogP contribution in [0.25, 0.3) is 0 Å². The number of rotatable bonds is 3. The van der Waals surface area contributed by atoms with E-state index >= 15 is 0 Å². The fourth-order valence-electron chi connectivity index (χ4n) is 1.08. The Hall–Kier alpha value is -1.22. The van der Waals surface area contributed by atoms with E-state index in [9.17, 15) is 8.78 Å². The maximum atomic E-state index is 12.7. The molecule has 2 N–H and O–H groups in total. The molecule has 0 aliphatic carbocycles. The molecule has 1 atom stereocenters. The van der Waals surface area contributed by atoms with Crippen LogP contribution in [-0.4, -0.2) is 6.04 Å². The van der Waals surface area contributed by atoms with Crippen molar-refractivity contribution >= 4 is 0 Å². The number of hydrogen-bond acceptors (Lipinski definition) is 1. The molecule has 0 fully saturated rings. The molecule has 1 nitrogen and oxygen atoms in total. The van der Waals surface area contributed by atoms with Gasteiger partial charge in [-0.2, -0.15) is 0 Å². The Morgan fingerprint density at radius 1 is 1.31 bits per heavy atom. The van der Waals surface area contributed by atoms with Crippen LogP contribution in [0.4, 0.5) is 8.78 Å². The van der Waals surface area contributed by atoms with Crippen LogP contribution >= 0.6 is 0 Å². The Morgan fingerprint density at radius 2 is 1.85 bits per heavy atom. The SMILES string of the molecule is C=CC(N)Cc1cc(F)cc(F)c1. The van der Waals surface area contributed by atoms with Crippen molar-refractivity contribution in [3.63, 3.8) is 0 Å². The average Bonchev–Trinajstić information content (AvgIpc) is 2.02. The highest BCUT2D eigenvalue weighted by molar-refractivity contribution is 5.19. The first-order chi connectivity index (χ1) is 6.11. The molecule has 0 aliphatic heterocycles. The number of nitrogens with two attached hydrogens (primary N) is 1. The molecule has 0 aliphatic rings. The van der Waals surface area contributed by atoms with Crippen LogP contribution < -0.4 is 5.73 Å². The Balaban J connectivity index is 2.82. The van der Waals surface area contributed by atoms with Crippen LogP contribution in [0.1, 0.15) is 5.56 Å². The summed E-state index contributed by atoms with van der Waals surface area (Å²) >= 11 is 0. The Kier molecular flexibility index (Phi) is 3.14. The van der Waals surface area contributed by atoms with E-state index in [1.807, 2.05) is 0 Å². The van der Waals surface area contributed by atoms with E-state index in [2.05, 4.69) is 6.58 Å². The van der Waals surface area contributed by atoms with Gasteiger partial charge in [0.2, 0.25) is 0 Å². The van der Waals surface area contributed by atoms with Crippen molar-refractivity contribution in [1.29, 1.82) is 0 Å². The first-order valence-corrected chi connectivity index (χ1v) is 3.95. The van der Waals surface area contributed by atoms with E-state index in [0.717, 1.165) is 6.07 Å². The van der Waals surface area contributed by atoms with E-state index in [0.29, 0.717) is 12.0 Å². The van der Waals surface area contributed by atoms with Gasteiger partial charge in [0.1, 0.15) is 11.6 Å². The quantitative estimate of drug-likeness (QED) is 0.713. The van der Waals surface area contributed by atoms with Gasteiger partial charge in [0.25, 0.3) is 0 Å². The summed E-state index contributed by atoms with van der Waals surface area (Å²) < 4.78 is 25.4. The van der Waals surface area contributed by atoms with Crippen LogP contribution in [0.5, 0.6) is 0 Å². The molecule has 1 aromatic rings. The Labute approximate surface area is 75.9 Å². The lowest BCUT2D eigenvalue weighted by Gasteiger charge is -2.05. The third-order valence-electron chi connectivity index (χ3n) is 1.70. The summed E-state index contributed by atoms with van der Waals surface area (Å²) in [7, 11) is 0. The number of halogens is 2. The summed E-state index contributed by atoms with van der Waals surface area (Å²) in [6.45, 7) is 3.49. The Bertz CT molecular complexity index is 290. The fraction of sp³-hybridized carbons (Fsp3) is 0.200. The van der Waals surface area contributed by atoms with Gasteiger partial charge < -0.3 is 5.73 Å². The molecule has 0 radical (unpaired) electrons. The van der Waals surface area contributed by atoms with Gasteiger partial charge in [-0.1, -0.05) is 6.08 Å². The van der Waals surface area contributed by atoms with E-state index in [4.69, 9.17) is 5.73 Å². The number of hydrogen-bond donors (Lipinski definition) is 1. The molecule has 13 heavy (non-hydrogen) atoms. The minimum atomic E-state index is -0.578. The minimum Gasteiger partial charge on any atom is -0.324 e. The Morgan fingerprint density at radius 3 is 2.31 bits per heavy atom. The predicted octanol–water partition coefficient (Wildman–Crippen LogP) is 2.02. The minimum absolute atomic E-state index is 0.263. The van der Waals surface area contributed by atoms with Gasteiger partial charge in [-0.15, -0.1) is 6.58 Å². The van der Waals surface area contributed by atoms with Crippen molar-refractivity contribution in [3.05, 3.63) is 48.1 Å². The second kappa shape index (κ2) is 4.14. The van der Waals surface area contributed by atoms with Gasteiger partial charge in [0.15, 0.2) is 0 Å². The van der Waals surface area contributed by atoms with Gasteiger partial charge in [-0.3, -0.25) is 0 Å². The second-order valence-corrected chi connectivity index (χ2v) is 2.88. The molecule has 1 rings (SSSR count). The predicted molar refractivity (Wildman–Crippen MR) is 48.2 cm³/mol. The first kappa shape index (κ1) is 9.86. The fourth-order valence-corrected chi connectivity index (χ4v) is 1.08. The van der Waals surface area contributed by atoms with Crippen LogP contribution in [0, 0.1) is 11.6 Å². The van der Waals surface area contributed by atoms with Gasteiger partial charge in [-0.25, -0.2) is 8.78 Å². The maximum Gasteiger partial charge on any atom is 0.126 e. The summed E-state index contributed by atoms with van der Waals surface area (Å²) in [4.78, 5) is 0. The molecule has 0 amide bonds. The highest BCUT2D eigenvalue weighted by atomic mass is 19.1. The zero-order valence-electron chi connectivity index (χ0n) is 7.13. The van der Waals surface area contributed by atoms with Crippen molar-refractivity contribution in [1.82, 2.24) is 0 Å². The molecule has 3 heteroatoms. The van der Waals surface area contributed by atoms with E-state index in [1.54, 1.807) is 6.08 Å². The standard InChI is InChI=1S/C10H11F2N/c1-2-10(13)5-7-3-8(11)6-9(12)4-7/h2-4,6,10H,1,5,13H2. The first-order valence-electron chi connectivity index (χ1n) is 3.95. The molecule has 1 aromatic carbocycles. The zero-order valence-corrected chi connectivity index (χ0v) is 7.13. The largest absolute Gasteiger partial charge is 0.324 e. The van der Waals surface area contributed by atoms with Gasteiger partial charge in [0.05, 0.1) is 0 Å². The van der Waals surface area contributed by atoms with Crippen molar-refractivity contribution in [2.24, 2.45) is 5.73 Å². The van der Waals surface area contributed by atoms with E-state index in [1.165, 1.54) is 12.1 Å². The number of benzene rings is 1. The highest BCUT2D eigenvalue weighted by Gasteiger charge is 2.03. The molecule has 0 heterocycles. The van der Waals surface area contributed by atoms with Gasteiger partial charge >= 0.3 is 0 Å². The molecule has 70 valence electrons. The average molecular weight is 183 g/mol. The smallest absolute Gasteiger partial charge is 0.126 e. The summed E-state index contributed by atoms with van der Waals surface area (Å²) in [5, 5.41) is 0. The summed E-state index contributed by atoms with van der Waals surface area (Å²) in [6.07, 6.45) is 1.95. The second-order valence-electron chi connectivity index (χ2n) is 2.88. The summed E-state index contributed by atoms with van der Waals surface area (Å²) in [5.41, 5.74) is 6.09. The van der Waals surface area contributed by atoms with E-state index < -0.39 is 11.6 Å². The van der Waals surface area contributed by atoms with Crippen LogP contribution in [0.2, 0.25) is 0 Å². The molecule has 0 saturated heterocycles. The van der Waals surface area contributed by atoms with Crippen LogP contribution in [0.15, 0.2) is 30.9 Å². The topological polar surface area (TPSA) is 26.0 Å². The normalized spacial score (nSPS) is 12.5. The van der Waals surface area contributed by atoms with Crippen molar-refractivity contribution < 1.29 is 8.78 Å². The van der Waals surface area contributed by atoms with Crippen molar-refractivity contribution in [3.8, 4) is 0 Å². The molecular weight excluding hydrogens is 172 g/mol. The van der Waals surface area contributed by atoms with Gasteiger partial charge in [0, 0.05) is 12.1 Å². The molecule has 0 bridgehead atoms. The molecular formula is C10H11F2N. The maximum absolute atomic E-state index is 12.7.